The third-order valence-electron chi connectivity index (χ3n) is 3.38. The van der Waals surface area contributed by atoms with Gasteiger partial charge in [-0.25, -0.2) is 4.98 Å². The van der Waals surface area contributed by atoms with E-state index in [0.717, 1.165) is 44.2 Å². The van der Waals surface area contributed by atoms with Gasteiger partial charge in [0.15, 0.2) is 5.82 Å². The first-order valence-electron chi connectivity index (χ1n) is 7.30. The highest BCUT2D eigenvalue weighted by Gasteiger charge is 2.16. The van der Waals surface area contributed by atoms with Crippen LogP contribution in [0.4, 0.5) is 5.82 Å². The molecule has 2 aromatic heterocycles. The lowest BCUT2D eigenvalue weighted by Crippen LogP contribution is -2.28. The standard InChI is InChI=1S/C15H24N4O/c1-3-18(11-12-20-4-2)15-13(8-9-16)19-10-6-5-7-14(19)17-15/h5-7,10H,3-4,8-9,11-12,16H2,1-2H3. The second-order valence-corrected chi connectivity index (χ2v) is 4.63. The fourth-order valence-corrected chi connectivity index (χ4v) is 2.39. The Morgan fingerprint density at radius 3 is 2.90 bits per heavy atom. The first-order valence-corrected chi connectivity index (χ1v) is 7.30. The van der Waals surface area contributed by atoms with Crippen molar-refractivity contribution >= 4 is 11.5 Å². The molecule has 2 aromatic rings. The zero-order valence-electron chi connectivity index (χ0n) is 12.4. The Hall–Kier alpha value is -1.59. The van der Waals surface area contributed by atoms with Gasteiger partial charge in [0.25, 0.3) is 0 Å². The van der Waals surface area contributed by atoms with E-state index < -0.39 is 0 Å². The van der Waals surface area contributed by atoms with Crippen molar-refractivity contribution < 1.29 is 4.74 Å². The molecule has 0 bridgehead atoms. The Morgan fingerprint density at radius 1 is 1.35 bits per heavy atom. The third kappa shape index (κ3) is 3.11. The van der Waals surface area contributed by atoms with E-state index in [1.54, 1.807) is 0 Å². The van der Waals surface area contributed by atoms with Gasteiger partial charge >= 0.3 is 0 Å². The van der Waals surface area contributed by atoms with Crippen molar-refractivity contribution in [3.8, 4) is 0 Å². The zero-order valence-corrected chi connectivity index (χ0v) is 12.4. The number of hydrogen-bond donors (Lipinski definition) is 1. The lowest BCUT2D eigenvalue weighted by molar-refractivity contribution is 0.154. The summed E-state index contributed by atoms with van der Waals surface area (Å²) in [6.07, 6.45) is 2.87. The van der Waals surface area contributed by atoms with Crippen LogP contribution in [0.2, 0.25) is 0 Å². The molecule has 0 amide bonds. The lowest BCUT2D eigenvalue weighted by Gasteiger charge is -2.21. The SMILES string of the molecule is CCOCCN(CC)c1nc2ccccn2c1CCN. The molecule has 110 valence electrons. The van der Waals surface area contributed by atoms with E-state index in [4.69, 9.17) is 15.5 Å². The summed E-state index contributed by atoms with van der Waals surface area (Å²) in [5.41, 5.74) is 7.91. The van der Waals surface area contributed by atoms with E-state index >= 15 is 0 Å². The maximum atomic E-state index is 5.76. The molecule has 0 radical (unpaired) electrons. The van der Waals surface area contributed by atoms with Crippen LogP contribution < -0.4 is 10.6 Å². The van der Waals surface area contributed by atoms with E-state index in [2.05, 4.69) is 16.2 Å². The zero-order chi connectivity index (χ0) is 14.4. The first-order chi connectivity index (χ1) is 9.81. The smallest absolute Gasteiger partial charge is 0.151 e. The number of anilines is 1. The summed E-state index contributed by atoms with van der Waals surface area (Å²) in [5, 5.41) is 0. The summed E-state index contributed by atoms with van der Waals surface area (Å²) < 4.78 is 7.59. The maximum Gasteiger partial charge on any atom is 0.151 e. The molecular formula is C15H24N4O. The predicted octanol–water partition coefficient (Wildman–Crippen LogP) is 1.70. The maximum absolute atomic E-state index is 5.76. The Labute approximate surface area is 120 Å². The van der Waals surface area contributed by atoms with Gasteiger partial charge in [0.1, 0.15) is 5.65 Å². The fourth-order valence-electron chi connectivity index (χ4n) is 2.39. The van der Waals surface area contributed by atoms with Gasteiger partial charge in [-0.05, 0) is 32.5 Å². The largest absolute Gasteiger partial charge is 0.380 e. The second-order valence-electron chi connectivity index (χ2n) is 4.63. The Kier molecular flexibility index (Phi) is 5.38. The molecule has 20 heavy (non-hydrogen) atoms. The summed E-state index contributed by atoms with van der Waals surface area (Å²) in [5.74, 6) is 1.03. The first kappa shape index (κ1) is 14.8. The molecule has 2 N–H and O–H groups in total. The minimum Gasteiger partial charge on any atom is -0.380 e. The number of aromatic nitrogens is 2. The normalized spacial score (nSPS) is 11.2. The van der Waals surface area contributed by atoms with Crippen LogP contribution in [0.3, 0.4) is 0 Å². The van der Waals surface area contributed by atoms with Crippen LogP contribution in [0.15, 0.2) is 24.4 Å². The molecule has 0 aliphatic heterocycles. The van der Waals surface area contributed by atoms with E-state index in [9.17, 15) is 0 Å². The van der Waals surface area contributed by atoms with Crippen LogP contribution in [-0.4, -0.2) is 42.2 Å². The summed E-state index contributed by atoms with van der Waals surface area (Å²) in [6, 6.07) is 6.06. The van der Waals surface area contributed by atoms with Gasteiger partial charge < -0.3 is 19.8 Å². The molecule has 0 unspecified atom stereocenters. The third-order valence-corrected chi connectivity index (χ3v) is 3.38. The Morgan fingerprint density at radius 2 is 2.20 bits per heavy atom. The molecule has 0 saturated heterocycles. The number of ether oxygens (including phenoxy) is 1. The van der Waals surface area contributed by atoms with Gasteiger partial charge in [-0.2, -0.15) is 0 Å². The monoisotopic (exact) mass is 276 g/mol. The Balaban J connectivity index is 2.32. The highest BCUT2D eigenvalue weighted by molar-refractivity contribution is 5.56. The number of rotatable bonds is 8. The molecule has 2 heterocycles. The molecule has 0 aliphatic rings. The lowest BCUT2D eigenvalue weighted by atomic mass is 10.3. The van der Waals surface area contributed by atoms with Crippen molar-refractivity contribution in [2.45, 2.75) is 20.3 Å². The van der Waals surface area contributed by atoms with Gasteiger partial charge in [0, 0.05) is 32.3 Å². The number of pyridine rings is 1. The van der Waals surface area contributed by atoms with Crippen LogP contribution >= 0.6 is 0 Å². The van der Waals surface area contributed by atoms with E-state index in [0.29, 0.717) is 6.54 Å². The highest BCUT2D eigenvalue weighted by Crippen LogP contribution is 2.22. The van der Waals surface area contributed by atoms with Crippen LogP contribution in [0.25, 0.3) is 5.65 Å². The molecule has 2 rings (SSSR count). The summed E-state index contributed by atoms with van der Waals surface area (Å²) in [7, 11) is 0. The molecule has 5 heteroatoms. The van der Waals surface area contributed by atoms with Crippen molar-refractivity contribution in [2.75, 3.05) is 37.7 Å². The number of nitrogens with two attached hydrogens (primary N) is 1. The quantitative estimate of drug-likeness (QED) is 0.746. The minimum absolute atomic E-state index is 0.624. The second kappa shape index (κ2) is 7.26. The fraction of sp³-hybridized carbons (Fsp3) is 0.533. The van der Waals surface area contributed by atoms with E-state index in [1.165, 1.54) is 5.69 Å². The van der Waals surface area contributed by atoms with E-state index in [-0.39, 0.29) is 0 Å². The average Bonchev–Trinajstić information content (AvgIpc) is 2.83. The number of fused-ring (bicyclic) bond motifs is 1. The molecule has 0 aromatic carbocycles. The molecule has 0 atom stereocenters. The van der Waals surface area contributed by atoms with Crippen LogP contribution in [0.5, 0.6) is 0 Å². The number of hydrogen-bond acceptors (Lipinski definition) is 4. The van der Waals surface area contributed by atoms with Crippen molar-refractivity contribution in [2.24, 2.45) is 5.73 Å². The molecular weight excluding hydrogens is 252 g/mol. The summed E-state index contributed by atoms with van der Waals surface area (Å²) >= 11 is 0. The summed E-state index contributed by atoms with van der Waals surface area (Å²) in [4.78, 5) is 7.02. The van der Waals surface area contributed by atoms with E-state index in [1.807, 2.05) is 31.3 Å². The van der Waals surface area contributed by atoms with Crippen molar-refractivity contribution in [1.82, 2.24) is 9.38 Å². The average molecular weight is 276 g/mol. The molecule has 0 spiro atoms. The van der Waals surface area contributed by atoms with Gasteiger partial charge in [-0.15, -0.1) is 0 Å². The molecule has 0 aliphatic carbocycles. The highest BCUT2D eigenvalue weighted by atomic mass is 16.5. The van der Waals surface area contributed by atoms with Crippen molar-refractivity contribution in [3.05, 3.63) is 30.1 Å². The van der Waals surface area contributed by atoms with Crippen molar-refractivity contribution in [3.63, 3.8) is 0 Å². The Bertz CT molecular complexity index is 538. The molecule has 0 fully saturated rings. The van der Waals surface area contributed by atoms with Gasteiger partial charge in [-0.3, -0.25) is 0 Å². The predicted molar refractivity (Wildman–Crippen MR) is 82.3 cm³/mol. The van der Waals surface area contributed by atoms with Gasteiger partial charge in [0.2, 0.25) is 0 Å². The van der Waals surface area contributed by atoms with Crippen LogP contribution in [0, 0.1) is 0 Å². The number of likely N-dealkylation sites (N-methyl/N-ethyl adjacent to an activating group) is 1. The van der Waals surface area contributed by atoms with Crippen LogP contribution in [-0.2, 0) is 11.2 Å². The van der Waals surface area contributed by atoms with Gasteiger partial charge in [0.05, 0.1) is 12.3 Å². The topological polar surface area (TPSA) is 55.8 Å². The molecule has 0 saturated carbocycles. The van der Waals surface area contributed by atoms with Gasteiger partial charge in [-0.1, -0.05) is 6.07 Å². The van der Waals surface area contributed by atoms with Crippen LogP contribution in [0.1, 0.15) is 19.5 Å². The molecule has 5 nitrogen and oxygen atoms in total. The minimum atomic E-state index is 0.624. The number of nitrogens with zero attached hydrogens (tertiary/aromatic N) is 3. The number of imidazole rings is 1. The summed E-state index contributed by atoms with van der Waals surface area (Å²) in [6.45, 7) is 8.01. The van der Waals surface area contributed by atoms with Crippen molar-refractivity contribution in [1.29, 1.82) is 0 Å².